The lowest BCUT2D eigenvalue weighted by Crippen LogP contribution is -2.11. The summed E-state index contributed by atoms with van der Waals surface area (Å²) in [6.45, 7) is 6.65. The van der Waals surface area contributed by atoms with Crippen molar-refractivity contribution in [2.24, 2.45) is 0 Å². The number of hydrogen-bond donors (Lipinski definition) is 0. The SMILES string of the molecule is COc1ccc(C(C)(C)C)cc1C=Cc1ccc(CCl)cc1. The minimum atomic E-state index is 0.122. The fourth-order valence-corrected chi connectivity index (χ4v) is 2.41. The number of alkyl halides is 1. The zero-order valence-corrected chi connectivity index (χ0v) is 14.4. The second-order valence-corrected chi connectivity index (χ2v) is 6.68. The summed E-state index contributed by atoms with van der Waals surface area (Å²) in [5.74, 6) is 1.44. The summed E-state index contributed by atoms with van der Waals surface area (Å²) in [5.41, 5.74) is 4.79. The van der Waals surface area contributed by atoms with Crippen molar-refractivity contribution in [3.05, 3.63) is 64.7 Å². The Labute approximate surface area is 138 Å². The molecule has 116 valence electrons. The standard InChI is InChI=1S/C20H23ClO/c1-20(2,3)18-11-12-19(22-4)17(13-18)10-9-15-5-7-16(14-21)8-6-15/h5-13H,14H2,1-4H3. The Morgan fingerprint density at radius 3 is 2.23 bits per heavy atom. The van der Waals surface area contributed by atoms with Gasteiger partial charge >= 0.3 is 0 Å². The Morgan fingerprint density at radius 1 is 1.00 bits per heavy atom. The van der Waals surface area contributed by atoms with E-state index < -0.39 is 0 Å². The van der Waals surface area contributed by atoms with Crippen molar-refractivity contribution in [3.8, 4) is 5.75 Å². The van der Waals surface area contributed by atoms with Crippen molar-refractivity contribution in [2.75, 3.05) is 7.11 Å². The molecule has 0 bridgehead atoms. The van der Waals surface area contributed by atoms with Crippen LogP contribution < -0.4 is 4.74 Å². The van der Waals surface area contributed by atoms with Gasteiger partial charge in [0.05, 0.1) is 7.11 Å². The Bertz CT molecular complexity index is 648. The molecule has 0 aliphatic heterocycles. The first-order chi connectivity index (χ1) is 10.4. The van der Waals surface area contributed by atoms with E-state index in [1.54, 1.807) is 7.11 Å². The molecule has 0 unspecified atom stereocenters. The summed E-state index contributed by atoms with van der Waals surface area (Å²) in [5, 5.41) is 0. The highest BCUT2D eigenvalue weighted by Crippen LogP contribution is 2.29. The van der Waals surface area contributed by atoms with Crippen molar-refractivity contribution in [3.63, 3.8) is 0 Å². The molecule has 2 heteroatoms. The molecule has 2 aromatic rings. The molecule has 0 amide bonds. The third kappa shape index (κ3) is 4.14. The van der Waals surface area contributed by atoms with Crippen LogP contribution in [0, 0.1) is 0 Å². The number of ether oxygens (including phenoxy) is 1. The third-order valence-corrected chi connectivity index (χ3v) is 3.99. The second kappa shape index (κ2) is 7.02. The lowest BCUT2D eigenvalue weighted by molar-refractivity contribution is 0.413. The molecule has 0 atom stereocenters. The van der Waals surface area contributed by atoms with E-state index in [9.17, 15) is 0 Å². The molecule has 0 heterocycles. The first-order valence-corrected chi connectivity index (χ1v) is 7.99. The average Bonchev–Trinajstić information content (AvgIpc) is 2.52. The van der Waals surface area contributed by atoms with Gasteiger partial charge in [-0.25, -0.2) is 0 Å². The van der Waals surface area contributed by atoms with Crippen molar-refractivity contribution in [2.45, 2.75) is 32.1 Å². The van der Waals surface area contributed by atoms with Gasteiger partial charge < -0.3 is 4.74 Å². The molecule has 2 rings (SSSR count). The van der Waals surface area contributed by atoms with Gasteiger partial charge in [-0.15, -0.1) is 11.6 Å². The van der Waals surface area contributed by atoms with E-state index in [0.717, 1.165) is 22.4 Å². The third-order valence-electron chi connectivity index (χ3n) is 3.69. The van der Waals surface area contributed by atoms with E-state index in [-0.39, 0.29) is 5.41 Å². The van der Waals surface area contributed by atoms with Crippen LogP contribution in [-0.2, 0) is 11.3 Å². The molecular formula is C20H23ClO. The van der Waals surface area contributed by atoms with Crippen molar-refractivity contribution in [1.29, 1.82) is 0 Å². The highest BCUT2D eigenvalue weighted by molar-refractivity contribution is 6.17. The summed E-state index contributed by atoms with van der Waals surface area (Å²) in [6, 6.07) is 14.6. The lowest BCUT2D eigenvalue weighted by Gasteiger charge is -2.20. The maximum absolute atomic E-state index is 5.82. The number of halogens is 1. The Kier molecular flexibility index (Phi) is 5.31. The predicted octanol–water partition coefficient (Wildman–Crippen LogP) is 5.90. The summed E-state index contributed by atoms with van der Waals surface area (Å²) < 4.78 is 5.47. The van der Waals surface area contributed by atoms with Gasteiger partial charge in [0.2, 0.25) is 0 Å². The average molecular weight is 315 g/mol. The molecule has 0 fully saturated rings. The van der Waals surface area contributed by atoms with Gasteiger partial charge in [0, 0.05) is 11.4 Å². The molecule has 22 heavy (non-hydrogen) atoms. The molecule has 0 aliphatic rings. The molecule has 0 radical (unpaired) electrons. The van der Waals surface area contributed by atoms with E-state index in [4.69, 9.17) is 16.3 Å². The van der Waals surface area contributed by atoms with Gasteiger partial charge in [0.1, 0.15) is 5.75 Å². The van der Waals surface area contributed by atoms with E-state index in [1.165, 1.54) is 5.56 Å². The molecule has 1 nitrogen and oxygen atoms in total. The van der Waals surface area contributed by atoms with Gasteiger partial charge in [-0.1, -0.05) is 63.3 Å². The second-order valence-electron chi connectivity index (χ2n) is 6.42. The highest BCUT2D eigenvalue weighted by atomic mass is 35.5. The molecule has 2 aromatic carbocycles. The van der Waals surface area contributed by atoms with Crippen molar-refractivity contribution >= 4 is 23.8 Å². The fourth-order valence-electron chi connectivity index (χ4n) is 2.23. The van der Waals surface area contributed by atoms with Gasteiger partial charge in [-0.3, -0.25) is 0 Å². The van der Waals surface area contributed by atoms with Crippen LogP contribution in [0.15, 0.2) is 42.5 Å². The molecular weight excluding hydrogens is 292 g/mol. The van der Waals surface area contributed by atoms with Gasteiger partial charge in [0.25, 0.3) is 0 Å². The number of hydrogen-bond acceptors (Lipinski definition) is 1. The van der Waals surface area contributed by atoms with E-state index in [2.05, 4.69) is 69.3 Å². The van der Waals surface area contributed by atoms with Crippen LogP contribution in [0.25, 0.3) is 12.2 Å². The first kappa shape index (κ1) is 16.6. The van der Waals surface area contributed by atoms with Crippen LogP contribution in [0.3, 0.4) is 0 Å². The number of benzene rings is 2. The van der Waals surface area contributed by atoms with Crippen LogP contribution >= 0.6 is 11.6 Å². The lowest BCUT2D eigenvalue weighted by atomic mass is 9.86. The van der Waals surface area contributed by atoms with E-state index in [0.29, 0.717) is 5.88 Å². The minimum Gasteiger partial charge on any atom is -0.496 e. The van der Waals surface area contributed by atoms with Gasteiger partial charge in [0.15, 0.2) is 0 Å². The quantitative estimate of drug-likeness (QED) is 0.504. The Balaban J connectivity index is 2.31. The smallest absolute Gasteiger partial charge is 0.126 e. The Hall–Kier alpha value is -1.73. The monoisotopic (exact) mass is 314 g/mol. The largest absolute Gasteiger partial charge is 0.496 e. The maximum Gasteiger partial charge on any atom is 0.126 e. The van der Waals surface area contributed by atoms with Gasteiger partial charge in [-0.2, -0.15) is 0 Å². The van der Waals surface area contributed by atoms with Crippen LogP contribution in [-0.4, -0.2) is 7.11 Å². The number of rotatable bonds is 4. The number of methoxy groups -OCH3 is 1. The van der Waals surface area contributed by atoms with Crippen molar-refractivity contribution < 1.29 is 4.74 Å². The summed E-state index contributed by atoms with van der Waals surface area (Å²) >= 11 is 5.82. The molecule has 0 spiro atoms. The molecule has 0 N–H and O–H groups in total. The Morgan fingerprint density at radius 2 is 1.68 bits per heavy atom. The molecule has 0 aliphatic carbocycles. The summed E-state index contributed by atoms with van der Waals surface area (Å²) in [7, 11) is 1.71. The minimum absolute atomic E-state index is 0.122. The van der Waals surface area contributed by atoms with Crippen LogP contribution in [0.2, 0.25) is 0 Å². The van der Waals surface area contributed by atoms with Gasteiger partial charge in [-0.05, 0) is 34.2 Å². The van der Waals surface area contributed by atoms with Crippen LogP contribution in [0.4, 0.5) is 0 Å². The normalized spacial score (nSPS) is 11.9. The highest BCUT2D eigenvalue weighted by Gasteiger charge is 2.14. The molecule has 0 aromatic heterocycles. The summed E-state index contributed by atoms with van der Waals surface area (Å²) in [6.07, 6.45) is 4.20. The predicted molar refractivity (Wildman–Crippen MR) is 96.6 cm³/mol. The zero-order valence-electron chi connectivity index (χ0n) is 13.7. The first-order valence-electron chi connectivity index (χ1n) is 7.45. The molecule has 0 saturated carbocycles. The van der Waals surface area contributed by atoms with Crippen LogP contribution in [0.1, 0.15) is 43.0 Å². The fraction of sp³-hybridized carbons (Fsp3) is 0.300. The van der Waals surface area contributed by atoms with Crippen molar-refractivity contribution in [1.82, 2.24) is 0 Å². The van der Waals surface area contributed by atoms with E-state index in [1.807, 2.05) is 6.07 Å². The van der Waals surface area contributed by atoms with E-state index >= 15 is 0 Å². The molecule has 0 saturated heterocycles. The van der Waals surface area contributed by atoms with Crippen LogP contribution in [0.5, 0.6) is 5.75 Å². The zero-order chi connectivity index (χ0) is 16.2. The topological polar surface area (TPSA) is 9.23 Å². The summed E-state index contributed by atoms with van der Waals surface area (Å²) in [4.78, 5) is 0. The maximum atomic E-state index is 5.82.